The van der Waals surface area contributed by atoms with Gasteiger partial charge in [0.25, 0.3) is 0 Å². The summed E-state index contributed by atoms with van der Waals surface area (Å²) in [7, 11) is 0. The summed E-state index contributed by atoms with van der Waals surface area (Å²) in [4.78, 5) is -0.344. The van der Waals surface area contributed by atoms with Crippen LogP contribution in [0.5, 0.6) is 0 Å². The molecule has 2 N–H and O–H groups in total. The third kappa shape index (κ3) is 3.04. The highest BCUT2D eigenvalue weighted by atomic mass is 35.5. The van der Waals surface area contributed by atoms with Gasteiger partial charge in [-0.05, 0) is 12.8 Å². The van der Waals surface area contributed by atoms with Crippen molar-refractivity contribution in [1.82, 2.24) is 0 Å². The SMILES string of the molecule is C=CCC(Cl)(CN)CC=C. The van der Waals surface area contributed by atoms with Crippen LogP contribution in [0.4, 0.5) is 0 Å². The Bertz CT molecular complexity index is 110. The van der Waals surface area contributed by atoms with E-state index in [1.54, 1.807) is 12.2 Å². The van der Waals surface area contributed by atoms with E-state index in [2.05, 4.69) is 13.2 Å². The van der Waals surface area contributed by atoms with Crippen molar-refractivity contribution in [3.63, 3.8) is 0 Å². The van der Waals surface area contributed by atoms with Gasteiger partial charge in [-0.1, -0.05) is 12.2 Å². The maximum atomic E-state index is 6.06. The van der Waals surface area contributed by atoms with E-state index < -0.39 is 0 Å². The number of halogens is 1. The van der Waals surface area contributed by atoms with Crippen molar-refractivity contribution < 1.29 is 0 Å². The topological polar surface area (TPSA) is 26.0 Å². The molecule has 2 heteroatoms. The van der Waals surface area contributed by atoms with E-state index in [0.29, 0.717) is 6.54 Å². The van der Waals surface area contributed by atoms with Crippen LogP contribution in [0.2, 0.25) is 0 Å². The summed E-state index contributed by atoms with van der Waals surface area (Å²) in [5.41, 5.74) is 5.45. The molecular formula is C8H14ClN. The zero-order chi connectivity index (χ0) is 8.04. The van der Waals surface area contributed by atoms with Gasteiger partial charge in [0.05, 0.1) is 4.87 Å². The predicted octanol–water partition coefficient (Wildman–Crippen LogP) is 2.07. The van der Waals surface area contributed by atoms with E-state index >= 15 is 0 Å². The summed E-state index contributed by atoms with van der Waals surface area (Å²) >= 11 is 6.06. The fourth-order valence-electron chi connectivity index (χ4n) is 0.767. The van der Waals surface area contributed by atoms with Gasteiger partial charge in [-0.3, -0.25) is 0 Å². The number of hydrogen-bond donors (Lipinski definition) is 1. The molecule has 0 atom stereocenters. The number of hydrogen-bond acceptors (Lipinski definition) is 1. The summed E-state index contributed by atoms with van der Waals surface area (Å²) in [6.45, 7) is 7.67. The van der Waals surface area contributed by atoms with Gasteiger partial charge >= 0.3 is 0 Å². The molecule has 0 spiro atoms. The van der Waals surface area contributed by atoms with Gasteiger partial charge in [0.1, 0.15) is 0 Å². The first-order valence-electron chi connectivity index (χ1n) is 3.29. The van der Waals surface area contributed by atoms with Crippen LogP contribution in [0.1, 0.15) is 12.8 Å². The van der Waals surface area contributed by atoms with Crippen LogP contribution in [-0.2, 0) is 0 Å². The summed E-state index contributed by atoms with van der Waals surface area (Å²) in [6, 6.07) is 0. The molecule has 58 valence electrons. The Morgan fingerprint density at radius 2 is 1.70 bits per heavy atom. The molecule has 0 rings (SSSR count). The van der Waals surface area contributed by atoms with E-state index in [1.807, 2.05) is 0 Å². The molecule has 0 aromatic carbocycles. The molecule has 0 aliphatic heterocycles. The van der Waals surface area contributed by atoms with Crippen molar-refractivity contribution >= 4 is 11.6 Å². The first-order chi connectivity index (χ1) is 4.68. The molecular weight excluding hydrogens is 146 g/mol. The third-order valence-electron chi connectivity index (χ3n) is 1.39. The minimum absolute atomic E-state index is 0.344. The molecule has 0 saturated carbocycles. The number of allylic oxidation sites excluding steroid dienone is 2. The van der Waals surface area contributed by atoms with Crippen molar-refractivity contribution in [2.45, 2.75) is 17.7 Å². The van der Waals surface area contributed by atoms with Crippen molar-refractivity contribution in [3.05, 3.63) is 25.3 Å². The lowest BCUT2D eigenvalue weighted by Crippen LogP contribution is -2.30. The van der Waals surface area contributed by atoms with Gasteiger partial charge in [0, 0.05) is 6.54 Å². The quantitative estimate of drug-likeness (QED) is 0.483. The van der Waals surface area contributed by atoms with E-state index in [-0.39, 0.29) is 4.87 Å². The van der Waals surface area contributed by atoms with E-state index in [9.17, 15) is 0 Å². The Kier molecular flexibility index (Phi) is 4.41. The molecule has 0 amide bonds. The van der Waals surface area contributed by atoms with Gasteiger partial charge < -0.3 is 5.73 Å². The van der Waals surface area contributed by atoms with E-state index in [1.165, 1.54) is 0 Å². The molecule has 0 heterocycles. The van der Waals surface area contributed by atoms with Crippen LogP contribution in [0.25, 0.3) is 0 Å². The average Bonchev–Trinajstić information content (AvgIpc) is 1.89. The van der Waals surface area contributed by atoms with Gasteiger partial charge in [0.2, 0.25) is 0 Å². The highest BCUT2D eigenvalue weighted by Crippen LogP contribution is 2.23. The lowest BCUT2D eigenvalue weighted by molar-refractivity contribution is 0.600. The lowest BCUT2D eigenvalue weighted by atomic mass is 10.0. The van der Waals surface area contributed by atoms with E-state index in [0.717, 1.165) is 12.8 Å². The average molecular weight is 160 g/mol. The standard InChI is InChI=1S/C8H14ClN/c1-3-5-8(9,7-10)6-4-2/h3-4H,1-2,5-7,10H2. The zero-order valence-corrected chi connectivity index (χ0v) is 6.90. The maximum Gasteiger partial charge on any atom is 0.0636 e. The van der Waals surface area contributed by atoms with Crippen LogP contribution in [-0.4, -0.2) is 11.4 Å². The fraction of sp³-hybridized carbons (Fsp3) is 0.500. The predicted molar refractivity (Wildman–Crippen MR) is 47.3 cm³/mol. The molecule has 1 nitrogen and oxygen atoms in total. The first-order valence-corrected chi connectivity index (χ1v) is 3.67. The summed E-state index contributed by atoms with van der Waals surface area (Å²) in [5.74, 6) is 0. The maximum absolute atomic E-state index is 6.06. The monoisotopic (exact) mass is 159 g/mol. The van der Waals surface area contributed by atoms with Gasteiger partial charge in [0.15, 0.2) is 0 Å². The summed E-state index contributed by atoms with van der Waals surface area (Å²) < 4.78 is 0. The van der Waals surface area contributed by atoms with Crippen LogP contribution < -0.4 is 5.73 Å². The molecule has 0 radical (unpaired) electrons. The van der Waals surface area contributed by atoms with Gasteiger partial charge in [-0.25, -0.2) is 0 Å². The Labute approximate surface area is 67.6 Å². The van der Waals surface area contributed by atoms with Crippen LogP contribution >= 0.6 is 11.6 Å². The van der Waals surface area contributed by atoms with Crippen LogP contribution in [0.3, 0.4) is 0 Å². The van der Waals surface area contributed by atoms with Crippen molar-refractivity contribution in [1.29, 1.82) is 0 Å². The third-order valence-corrected chi connectivity index (χ3v) is 1.85. The Hall–Kier alpha value is -0.270. The van der Waals surface area contributed by atoms with Crippen molar-refractivity contribution in [3.8, 4) is 0 Å². The molecule has 0 aromatic rings. The normalized spacial score (nSPS) is 11.0. The second kappa shape index (κ2) is 4.53. The highest BCUT2D eigenvalue weighted by Gasteiger charge is 2.21. The minimum Gasteiger partial charge on any atom is -0.329 e. The van der Waals surface area contributed by atoms with Gasteiger partial charge in [-0.15, -0.1) is 24.8 Å². The molecule has 0 aliphatic carbocycles. The first kappa shape index (κ1) is 9.73. The van der Waals surface area contributed by atoms with Crippen molar-refractivity contribution in [2.75, 3.05) is 6.54 Å². The van der Waals surface area contributed by atoms with Crippen molar-refractivity contribution in [2.24, 2.45) is 5.73 Å². The zero-order valence-electron chi connectivity index (χ0n) is 6.15. The second-order valence-electron chi connectivity index (χ2n) is 2.34. The molecule has 0 saturated heterocycles. The fourth-order valence-corrected chi connectivity index (χ4v) is 0.986. The molecule has 0 unspecified atom stereocenters. The van der Waals surface area contributed by atoms with E-state index in [4.69, 9.17) is 17.3 Å². The Morgan fingerprint density at radius 1 is 1.30 bits per heavy atom. The minimum atomic E-state index is -0.344. The number of alkyl halides is 1. The lowest BCUT2D eigenvalue weighted by Gasteiger charge is -2.21. The largest absolute Gasteiger partial charge is 0.329 e. The molecule has 10 heavy (non-hydrogen) atoms. The summed E-state index contributed by atoms with van der Waals surface area (Å²) in [6.07, 6.45) is 5.03. The highest BCUT2D eigenvalue weighted by molar-refractivity contribution is 6.24. The number of rotatable bonds is 5. The molecule has 0 aliphatic rings. The van der Waals surface area contributed by atoms with Gasteiger partial charge in [-0.2, -0.15) is 0 Å². The molecule has 0 fully saturated rings. The second-order valence-corrected chi connectivity index (χ2v) is 3.14. The molecule has 0 bridgehead atoms. The Balaban J connectivity index is 3.92. The smallest absolute Gasteiger partial charge is 0.0636 e. The number of nitrogens with two attached hydrogens (primary N) is 1. The van der Waals surface area contributed by atoms with Crippen LogP contribution in [0, 0.1) is 0 Å². The summed E-state index contributed by atoms with van der Waals surface area (Å²) in [5, 5.41) is 0. The molecule has 0 aromatic heterocycles. The van der Waals surface area contributed by atoms with Crippen LogP contribution in [0.15, 0.2) is 25.3 Å². The Morgan fingerprint density at radius 3 is 1.90 bits per heavy atom.